The number of pyridine rings is 1. The van der Waals surface area contributed by atoms with Crippen LogP contribution >= 0.6 is 0 Å². The van der Waals surface area contributed by atoms with Crippen LogP contribution in [-0.2, 0) is 0 Å². The zero-order valence-electron chi connectivity index (χ0n) is 6.90. The Kier molecular flexibility index (Phi) is 1.58. The monoisotopic (exact) mass is 181 g/mol. The second kappa shape index (κ2) is 2.62. The first-order chi connectivity index (χ1) is 6.20. The van der Waals surface area contributed by atoms with Crippen LogP contribution < -0.4 is 9.47 Å². The molecular weight excluding hydrogens is 174 g/mol. The summed E-state index contributed by atoms with van der Waals surface area (Å²) in [5.74, 6) is -0.353. The van der Waals surface area contributed by atoms with Crippen molar-refractivity contribution < 1.29 is 19.4 Å². The lowest BCUT2D eigenvalue weighted by Crippen LogP contribution is -2.00. The molecule has 13 heavy (non-hydrogen) atoms. The van der Waals surface area contributed by atoms with Crippen molar-refractivity contribution in [3.05, 3.63) is 17.5 Å². The van der Waals surface area contributed by atoms with Crippen LogP contribution in [0, 0.1) is 6.92 Å². The summed E-state index contributed by atoms with van der Waals surface area (Å²) in [5, 5.41) is 8.76. The topological polar surface area (TPSA) is 68.7 Å². The third-order valence-corrected chi connectivity index (χ3v) is 1.80. The maximum absolute atomic E-state index is 10.7. The molecule has 1 aliphatic rings. The molecular formula is C8H7NO4. The summed E-state index contributed by atoms with van der Waals surface area (Å²) in [7, 11) is 0. The number of nitrogens with zero attached hydrogens (tertiary/aromatic N) is 1. The van der Waals surface area contributed by atoms with Crippen LogP contribution in [0.3, 0.4) is 0 Å². The lowest BCUT2D eigenvalue weighted by atomic mass is 10.2. The summed E-state index contributed by atoms with van der Waals surface area (Å²) >= 11 is 0. The smallest absolute Gasteiger partial charge is 0.341 e. The molecule has 0 aliphatic carbocycles. The first-order valence-electron chi connectivity index (χ1n) is 3.68. The summed E-state index contributed by atoms with van der Waals surface area (Å²) < 4.78 is 10.1. The van der Waals surface area contributed by atoms with Crippen molar-refractivity contribution in [3.8, 4) is 11.5 Å². The van der Waals surface area contributed by atoms with E-state index in [0.717, 1.165) is 0 Å². The van der Waals surface area contributed by atoms with Crippen molar-refractivity contribution in [1.82, 2.24) is 4.98 Å². The minimum atomic E-state index is -1.06. The quantitative estimate of drug-likeness (QED) is 0.694. The zero-order chi connectivity index (χ0) is 9.42. The highest BCUT2D eigenvalue weighted by molar-refractivity contribution is 5.91. The fourth-order valence-electron chi connectivity index (χ4n) is 1.18. The van der Waals surface area contributed by atoms with Crippen molar-refractivity contribution in [2.75, 3.05) is 6.79 Å². The number of aromatic nitrogens is 1. The lowest BCUT2D eigenvalue weighted by Gasteiger charge is -2.01. The molecule has 2 heterocycles. The highest BCUT2D eigenvalue weighted by Crippen LogP contribution is 2.36. The molecule has 0 saturated carbocycles. The van der Waals surface area contributed by atoms with Gasteiger partial charge in [0.25, 0.3) is 0 Å². The normalized spacial score (nSPS) is 13.0. The van der Waals surface area contributed by atoms with E-state index in [2.05, 4.69) is 4.98 Å². The molecule has 1 N–H and O–H groups in total. The molecule has 0 aromatic carbocycles. The van der Waals surface area contributed by atoms with Crippen LogP contribution in [0.1, 0.15) is 16.1 Å². The summed E-state index contributed by atoms with van der Waals surface area (Å²) in [5.41, 5.74) is 0.676. The first-order valence-corrected chi connectivity index (χ1v) is 3.68. The van der Waals surface area contributed by atoms with Crippen LogP contribution in [0.25, 0.3) is 0 Å². The summed E-state index contributed by atoms with van der Waals surface area (Å²) in [6, 6.07) is 0. The van der Waals surface area contributed by atoms with Crippen molar-refractivity contribution in [1.29, 1.82) is 0 Å². The van der Waals surface area contributed by atoms with E-state index in [-0.39, 0.29) is 18.1 Å². The lowest BCUT2D eigenvalue weighted by molar-refractivity contribution is 0.0691. The highest BCUT2D eigenvalue weighted by atomic mass is 16.7. The van der Waals surface area contributed by atoms with Crippen molar-refractivity contribution in [3.63, 3.8) is 0 Å². The Morgan fingerprint density at radius 2 is 2.23 bits per heavy atom. The summed E-state index contributed by atoms with van der Waals surface area (Å²) in [6.45, 7) is 1.79. The number of aromatic carboxylic acids is 1. The van der Waals surface area contributed by atoms with Gasteiger partial charge in [0.05, 0.1) is 5.69 Å². The largest absolute Gasteiger partial charge is 0.477 e. The summed E-state index contributed by atoms with van der Waals surface area (Å²) in [4.78, 5) is 14.6. The fraction of sp³-hybridized carbons (Fsp3) is 0.250. The molecule has 0 amide bonds. The van der Waals surface area contributed by atoms with Crippen LogP contribution in [-0.4, -0.2) is 22.9 Å². The molecule has 0 radical (unpaired) electrons. The molecule has 68 valence electrons. The maximum atomic E-state index is 10.7. The molecule has 0 saturated heterocycles. The minimum Gasteiger partial charge on any atom is -0.477 e. The molecule has 5 nitrogen and oxygen atoms in total. The molecule has 1 aliphatic heterocycles. The Labute approximate surface area is 73.9 Å². The van der Waals surface area contributed by atoms with Crippen LogP contribution in [0.2, 0.25) is 0 Å². The Hall–Kier alpha value is -1.78. The van der Waals surface area contributed by atoms with E-state index in [9.17, 15) is 4.79 Å². The van der Waals surface area contributed by atoms with Gasteiger partial charge in [-0.25, -0.2) is 4.79 Å². The van der Waals surface area contributed by atoms with Gasteiger partial charge in [0.1, 0.15) is 5.56 Å². The second-order valence-electron chi connectivity index (χ2n) is 2.63. The molecule has 1 aromatic rings. The van der Waals surface area contributed by atoms with Gasteiger partial charge in [-0.15, -0.1) is 0 Å². The Morgan fingerprint density at radius 1 is 1.54 bits per heavy atom. The molecule has 5 heteroatoms. The van der Waals surface area contributed by atoms with Crippen molar-refractivity contribution in [2.45, 2.75) is 6.92 Å². The van der Waals surface area contributed by atoms with Gasteiger partial charge in [0.15, 0.2) is 11.5 Å². The van der Waals surface area contributed by atoms with Gasteiger partial charge >= 0.3 is 5.97 Å². The molecule has 0 fully saturated rings. The van der Waals surface area contributed by atoms with E-state index < -0.39 is 5.97 Å². The summed E-state index contributed by atoms with van der Waals surface area (Å²) in [6.07, 6.45) is 1.27. The molecule has 2 rings (SSSR count). The maximum Gasteiger partial charge on any atom is 0.341 e. The van der Waals surface area contributed by atoms with E-state index in [1.165, 1.54) is 6.20 Å². The van der Waals surface area contributed by atoms with Crippen molar-refractivity contribution in [2.24, 2.45) is 0 Å². The van der Waals surface area contributed by atoms with E-state index in [1.807, 2.05) is 0 Å². The fourth-order valence-corrected chi connectivity index (χ4v) is 1.18. The standard InChI is InChI=1S/C8H7NO4/c1-4-6-7(13-3-12-6)5(2-9-4)8(10)11/h2H,3H2,1H3,(H,10,11). The Balaban J connectivity index is 2.62. The van der Waals surface area contributed by atoms with Gasteiger partial charge in [0, 0.05) is 6.20 Å². The van der Waals surface area contributed by atoms with Gasteiger partial charge in [0.2, 0.25) is 6.79 Å². The number of fused-ring (bicyclic) bond motifs is 1. The Bertz CT molecular complexity index is 375. The van der Waals surface area contributed by atoms with E-state index >= 15 is 0 Å². The van der Waals surface area contributed by atoms with Crippen LogP contribution in [0.5, 0.6) is 11.5 Å². The predicted molar refractivity (Wildman–Crippen MR) is 42.1 cm³/mol. The number of carboxylic acid groups (broad SMARTS) is 1. The van der Waals surface area contributed by atoms with Crippen LogP contribution in [0.15, 0.2) is 6.20 Å². The number of carbonyl (C=O) groups is 1. The van der Waals surface area contributed by atoms with Gasteiger partial charge in [-0.1, -0.05) is 0 Å². The van der Waals surface area contributed by atoms with Crippen molar-refractivity contribution >= 4 is 5.97 Å². The molecule has 0 bridgehead atoms. The third-order valence-electron chi connectivity index (χ3n) is 1.80. The first kappa shape index (κ1) is 7.85. The van der Waals surface area contributed by atoms with E-state index in [0.29, 0.717) is 11.4 Å². The van der Waals surface area contributed by atoms with E-state index in [4.69, 9.17) is 14.6 Å². The van der Waals surface area contributed by atoms with Gasteiger partial charge in [-0.05, 0) is 6.92 Å². The van der Waals surface area contributed by atoms with Gasteiger partial charge in [-0.2, -0.15) is 0 Å². The minimum absolute atomic E-state index is 0.0399. The molecule has 0 atom stereocenters. The predicted octanol–water partition coefficient (Wildman–Crippen LogP) is 0.817. The molecule has 1 aromatic heterocycles. The SMILES string of the molecule is Cc1ncc(C(=O)O)c2c1OCO2. The number of rotatable bonds is 1. The molecule has 0 unspecified atom stereocenters. The average Bonchev–Trinajstić information content (AvgIpc) is 2.53. The Morgan fingerprint density at radius 3 is 2.92 bits per heavy atom. The van der Waals surface area contributed by atoms with Crippen LogP contribution in [0.4, 0.5) is 0 Å². The average molecular weight is 181 g/mol. The van der Waals surface area contributed by atoms with E-state index in [1.54, 1.807) is 6.92 Å². The molecule has 0 spiro atoms. The number of ether oxygens (including phenoxy) is 2. The zero-order valence-corrected chi connectivity index (χ0v) is 6.90. The van der Waals surface area contributed by atoms with Gasteiger partial charge < -0.3 is 14.6 Å². The number of aryl methyl sites for hydroxylation is 1. The highest BCUT2D eigenvalue weighted by Gasteiger charge is 2.24. The second-order valence-corrected chi connectivity index (χ2v) is 2.63. The third kappa shape index (κ3) is 1.09. The number of carboxylic acids is 1. The number of hydrogen-bond donors (Lipinski definition) is 1. The van der Waals surface area contributed by atoms with Gasteiger partial charge in [-0.3, -0.25) is 4.98 Å². The number of hydrogen-bond acceptors (Lipinski definition) is 4.